The van der Waals surface area contributed by atoms with E-state index < -0.39 is 0 Å². The van der Waals surface area contributed by atoms with Gasteiger partial charge in [-0.1, -0.05) is 18.2 Å². The molecule has 4 nitrogen and oxygen atoms in total. The Morgan fingerprint density at radius 3 is 2.82 bits per heavy atom. The maximum absolute atomic E-state index is 10.5. The SMILES string of the molecule is Nc1[nH]c2ccccc2c2c(OC=O)ccc1-2. The molecule has 1 aliphatic carbocycles. The minimum atomic E-state index is 0.427. The summed E-state index contributed by atoms with van der Waals surface area (Å²) in [6.45, 7) is 0.427. The van der Waals surface area contributed by atoms with Crippen molar-refractivity contribution >= 4 is 23.2 Å². The number of carbonyl (C=O) groups is 1. The normalized spacial score (nSPS) is 10.8. The number of benzene rings is 1. The number of pyridine rings is 1. The first-order valence-electron chi connectivity index (χ1n) is 5.20. The molecule has 1 aliphatic heterocycles. The van der Waals surface area contributed by atoms with Gasteiger partial charge in [0.1, 0.15) is 11.6 Å². The molecule has 0 atom stereocenters. The van der Waals surface area contributed by atoms with Gasteiger partial charge in [0, 0.05) is 22.0 Å². The molecule has 1 heterocycles. The molecule has 0 radical (unpaired) electrons. The van der Waals surface area contributed by atoms with E-state index in [2.05, 4.69) is 4.98 Å². The maximum Gasteiger partial charge on any atom is 0.298 e. The van der Waals surface area contributed by atoms with Gasteiger partial charge in [0.15, 0.2) is 0 Å². The number of hydrogen-bond donors (Lipinski definition) is 2. The highest BCUT2D eigenvalue weighted by Gasteiger charge is 2.17. The van der Waals surface area contributed by atoms with Gasteiger partial charge in [-0.2, -0.15) is 0 Å². The summed E-state index contributed by atoms with van der Waals surface area (Å²) >= 11 is 0. The Morgan fingerprint density at radius 2 is 2.00 bits per heavy atom. The van der Waals surface area contributed by atoms with Crippen LogP contribution >= 0.6 is 0 Å². The van der Waals surface area contributed by atoms with Crippen LogP contribution < -0.4 is 10.5 Å². The van der Waals surface area contributed by atoms with E-state index in [1.165, 1.54) is 0 Å². The summed E-state index contributed by atoms with van der Waals surface area (Å²) in [5.74, 6) is 1.10. The van der Waals surface area contributed by atoms with Crippen molar-refractivity contribution in [1.82, 2.24) is 4.98 Å². The van der Waals surface area contributed by atoms with Gasteiger partial charge < -0.3 is 15.5 Å². The lowest BCUT2D eigenvalue weighted by Gasteiger charge is -2.10. The number of H-pyrrole nitrogens is 1. The molecule has 2 aliphatic rings. The molecular formula is C13H10N2O2. The number of nitrogens with one attached hydrogen (secondary N) is 1. The predicted molar refractivity (Wildman–Crippen MR) is 66.0 cm³/mol. The van der Waals surface area contributed by atoms with Crippen molar-refractivity contribution in [1.29, 1.82) is 0 Å². The molecule has 3 N–H and O–H groups in total. The van der Waals surface area contributed by atoms with Crippen LogP contribution in [0.5, 0.6) is 5.75 Å². The van der Waals surface area contributed by atoms with E-state index in [4.69, 9.17) is 10.5 Å². The zero-order chi connectivity index (χ0) is 11.8. The summed E-state index contributed by atoms with van der Waals surface area (Å²) < 4.78 is 4.97. The second-order valence-electron chi connectivity index (χ2n) is 3.78. The Bertz CT molecular complexity index is 673. The topological polar surface area (TPSA) is 68.1 Å². The third-order valence-electron chi connectivity index (χ3n) is 2.85. The summed E-state index contributed by atoms with van der Waals surface area (Å²) in [7, 11) is 0. The van der Waals surface area contributed by atoms with Crippen LogP contribution in [0.15, 0.2) is 36.4 Å². The van der Waals surface area contributed by atoms with Crippen LogP contribution in [0.3, 0.4) is 0 Å². The number of nitrogen functional groups attached to an aromatic ring is 1. The van der Waals surface area contributed by atoms with Gasteiger partial charge in [0.05, 0.1) is 0 Å². The summed E-state index contributed by atoms with van der Waals surface area (Å²) in [4.78, 5) is 13.6. The van der Waals surface area contributed by atoms with Crippen LogP contribution in [0, 0.1) is 0 Å². The largest absolute Gasteiger partial charge is 0.428 e. The van der Waals surface area contributed by atoms with Gasteiger partial charge in [-0.05, 0) is 18.2 Å². The number of carbonyl (C=O) groups excluding carboxylic acids is 1. The molecule has 0 saturated carbocycles. The van der Waals surface area contributed by atoms with E-state index in [-0.39, 0.29) is 0 Å². The third-order valence-corrected chi connectivity index (χ3v) is 2.85. The second-order valence-corrected chi connectivity index (χ2v) is 3.78. The van der Waals surface area contributed by atoms with Gasteiger partial charge >= 0.3 is 0 Å². The highest BCUT2D eigenvalue weighted by Crippen LogP contribution is 2.41. The maximum atomic E-state index is 10.5. The van der Waals surface area contributed by atoms with Crippen LogP contribution in [0.25, 0.3) is 22.0 Å². The smallest absolute Gasteiger partial charge is 0.298 e. The molecule has 3 rings (SSSR count). The van der Waals surface area contributed by atoms with Crippen LogP contribution in [0.1, 0.15) is 0 Å². The number of nitrogens with two attached hydrogens (primary N) is 1. The van der Waals surface area contributed by atoms with Gasteiger partial charge in [-0.25, -0.2) is 0 Å². The van der Waals surface area contributed by atoms with E-state index in [9.17, 15) is 4.79 Å². The Hall–Kier alpha value is -2.49. The second kappa shape index (κ2) is 3.52. The number of rotatable bonds is 2. The lowest BCUT2D eigenvalue weighted by Crippen LogP contribution is -1.96. The van der Waals surface area contributed by atoms with E-state index >= 15 is 0 Å². The Balaban J connectivity index is 2.44. The number of para-hydroxylation sites is 1. The zero-order valence-corrected chi connectivity index (χ0v) is 8.94. The number of fused-ring (bicyclic) bond motifs is 3. The molecule has 0 saturated heterocycles. The molecule has 0 aromatic heterocycles. The number of aromatic amines is 1. The van der Waals surface area contributed by atoms with Crippen molar-refractivity contribution in [3.05, 3.63) is 36.4 Å². The molecule has 17 heavy (non-hydrogen) atoms. The first-order valence-corrected chi connectivity index (χ1v) is 5.20. The van der Waals surface area contributed by atoms with Crippen molar-refractivity contribution in [2.24, 2.45) is 0 Å². The number of anilines is 1. The average Bonchev–Trinajstić information content (AvgIpc) is 2.75. The summed E-state index contributed by atoms with van der Waals surface area (Å²) in [5.41, 5.74) is 8.57. The number of aromatic nitrogens is 1. The average molecular weight is 226 g/mol. The quantitative estimate of drug-likeness (QED) is 0.659. The lowest BCUT2D eigenvalue weighted by molar-refractivity contribution is -0.120. The minimum absolute atomic E-state index is 0.427. The standard InChI is InChI=1S/C13H10N2O2/c14-13-9-5-6-11(17-7-16)12(9)8-3-1-2-4-10(8)15-13/h1-7,15H,14H2. The van der Waals surface area contributed by atoms with Gasteiger partial charge in [-0.15, -0.1) is 0 Å². The van der Waals surface area contributed by atoms with Gasteiger partial charge in [-0.3, -0.25) is 4.79 Å². The van der Waals surface area contributed by atoms with E-state index in [0.29, 0.717) is 18.0 Å². The van der Waals surface area contributed by atoms with Crippen molar-refractivity contribution in [3.8, 4) is 16.9 Å². The van der Waals surface area contributed by atoms with Crippen molar-refractivity contribution < 1.29 is 9.53 Å². The lowest BCUT2D eigenvalue weighted by atomic mass is 10.0. The number of hydrogen-bond acceptors (Lipinski definition) is 3. The highest BCUT2D eigenvalue weighted by molar-refractivity contribution is 6.03. The summed E-state index contributed by atoms with van der Waals surface area (Å²) in [5, 5.41) is 0.985. The molecule has 4 heteroatoms. The molecule has 1 aromatic rings. The Morgan fingerprint density at radius 1 is 1.18 bits per heavy atom. The van der Waals surface area contributed by atoms with Crippen molar-refractivity contribution in [3.63, 3.8) is 0 Å². The predicted octanol–water partition coefficient (Wildman–Crippen LogP) is 2.39. The third kappa shape index (κ3) is 1.34. The van der Waals surface area contributed by atoms with Crippen LogP contribution in [-0.4, -0.2) is 11.5 Å². The highest BCUT2D eigenvalue weighted by atomic mass is 16.5. The van der Waals surface area contributed by atoms with E-state index in [1.54, 1.807) is 6.07 Å². The number of ether oxygens (including phenoxy) is 1. The fourth-order valence-electron chi connectivity index (χ4n) is 2.13. The fourth-order valence-corrected chi connectivity index (χ4v) is 2.13. The summed E-state index contributed by atoms with van der Waals surface area (Å²) in [6, 6.07) is 11.3. The first-order chi connectivity index (χ1) is 8.31. The molecule has 0 spiro atoms. The van der Waals surface area contributed by atoms with Gasteiger partial charge in [0.2, 0.25) is 0 Å². The minimum Gasteiger partial charge on any atom is -0.428 e. The van der Waals surface area contributed by atoms with Crippen molar-refractivity contribution in [2.75, 3.05) is 5.73 Å². The van der Waals surface area contributed by atoms with E-state index in [0.717, 1.165) is 22.0 Å². The Labute approximate surface area is 97.3 Å². The molecule has 0 bridgehead atoms. The van der Waals surface area contributed by atoms with Gasteiger partial charge in [0.25, 0.3) is 6.47 Å². The van der Waals surface area contributed by atoms with Crippen LogP contribution in [0.2, 0.25) is 0 Å². The van der Waals surface area contributed by atoms with Crippen molar-refractivity contribution in [2.45, 2.75) is 0 Å². The van der Waals surface area contributed by atoms with Crippen LogP contribution in [0.4, 0.5) is 5.82 Å². The molecular weight excluding hydrogens is 216 g/mol. The fraction of sp³-hybridized carbons (Fsp3) is 0. The zero-order valence-electron chi connectivity index (χ0n) is 8.94. The Kier molecular flexibility index (Phi) is 2.01. The molecule has 0 amide bonds. The molecule has 1 aromatic carbocycles. The molecule has 0 unspecified atom stereocenters. The first kappa shape index (κ1) is 9.72. The molecule has 84 valence electrons. The van der Waals surface area contributed by atoms with Crippen LogP contribution in [-0.2, 0) is 4.79 Å². The van der Waals surface area contributed by atoms with E-state index in [1.807, 2.05) is 30.3 Å². The monoisotopic (exact) mass is 226 g/mol. The summed E-state index contributed by atoms with van der Waals surface area (Å²) in [6.07, 6.45) is 0. The molecule has 0 fully saturated rings.